The lowest BCUT2D eigenvalue weighted by atomic mass is 9.83. The van der Waals surface area contributed by atoms with Crippen LogP contribution in [0.4, 0.5) is 18.9 Å². The Hall–Kier alpha value is -2.63. The molecule has 7 nitrogen and oxygen atoms in total. The summed E-state index contributed by atoms with van der Waals surface area (Å²) in [5, 5.41) is 23.7. The van der Waals surface area contributed by atoms with Crippen LogP contribution in [0.1, 0.15) is 72.2 Å². The van der Waals surface area contributed by atoms with Crippen LogP contribution in [0.3, 0.4) is 0 Å². The van der Waals surface area contributed by atoms with Crippen LogP contribution >= 0.6 is 11.3 Å². The lowest BCUT2D eigenvalue weighted by Gasteiger charge is -2.25. The van der Waals surface area contributed by atoms with Gasteiger partial charge in [0.25, 0.3) is 5.91 Å². The van der Waals surface area contributed by atoms with Gasteiger partial charge in [-0.25, -0.2) is 15.0 Å². The molecule has 1 aromatic carbocycles. The number of benzene rings is 1. The van der Waals surface area contributed by atoms with E-state index in [-0.39, 0.29) is 12.3 Å². The molecule has 11 heteroatoms. The Morgan fingerprint density at radius 3 is 2.41 bits per heavy atom. The Balaban J connectivity index is 1.62. The Kier molecular flexibility index (Phi) is 6.63. The summed E-state index contributed by atoms with van der Waals surface area (Å²) in [6.45, 7) is 3.35. The van der Waals surface area contributed by atoms with Gasteiger partial charge in [0.2, 0.25) is 0 Å². The number of aliphatic hydroxyl groups excluding tert-OH is 1. The van der Waals surface area contributed by atoms with E-state index in [0.717, 1.165) is 41.6 Å². The summed E-state index contributed by atoms with van der Waals surface area (Å²) in [7, 11) is 0. The van der Waals surface area contributed by atoms with Crippen LogP contribution < -0.4 is 5.32 Å². The first kappa shape index (κ1) is 24.5. The number of fused-ring (bicyclic) bond motifs is 1. The first-order valence-corrected chi connectivity index (χ1v) is 11.8. The second kappa shape index (κ2) is 9.20. The maximum atomic E-state index is 12.7. The van der Waals surface area contributed by atoms with Crippen molar-refractivity contribution in [2.24, 2.45) is 5.92 Å². The van der Waals surface area contributed by atoms with Gasteiger partial charge in [0.1, 0.15) is 5.69 Å². The Morgan fingerprint density at radius 1 is 1.15 bits per heavy atom. The van der Waals surface area contributed by atoms with Crippen molar-refractivity contribution in [1.29, 1.82) is 0 Å². The maximum Gasteiger partial charge on any atom is 0.434 e. The number of hydrogen-bond donors (Lipinski definition) is 3. The predicted molar refractivity (Wildman–Crippen MR) is 122 cm³/mol. The van der Waals surface area contributed by atoms with Gasteiger partial charge in [-0.05, 0) is 57.6 Å². The molecule has 34 heavy (non-hydrogen) atoms. The lowest BCUT2D eigenvalue weighted by Crippen LogP contribution is -2.22. The third kappa shape index (κ3) is 5.21. The summed E-state index contributed by atoms with van der Waals surface area (Å²) in [6, 6.07) is 3.45. The molecule has 1 fully saturated rings. The SMILES string of the molecule is CC(C)(O)c1cc2nc(C3CCC(CO)CC3)sc2cc1NC(=O)c1cnc(C(F)(F)F)cn1. The van der Waals surface area contributed by atoms with E-state index < -0.39 is 23.4 Å². The van der Waals surface area contributed by atoms with E-state index >= 15 is 0 Å². The first-order chi connectivity index (χ1) is 16.0. The molecule has 0 spiro atoms. The number of alkyl halides is 3. The van der Waals surface area contributed by atoms with Gasteiger partial charge in [-0.3, -0.25) is 4.79 Å². The molecule has 0 atom stereocenters. The van der Waals surface area contributed by atoms with Crippen LogP contribution in [0, 0.1) is 5.92 Å². The number of anilines is 1. The van der Waals surface area contributed by atoms with E-state index in [1.807, 2.05) is 0 Å². The van der Waals surface area contributed by atoms with Crippen molar-refractivity contribution < 1.29 is 28.2 Å². The Morgan fingerprint density at radius 2 is 1.85 bits per heavy atom. The third-order valence-electron chi connectivity index (χ3n) is 6.08. The number of carbonyl (C=O) groups is 1. The quantitative estimate of drug-likeness (QED) is 0.468. The van der Waals surface area contributed by atoms with Gasteiger partial charge in [0.15, 0.2) is 5.69 Å². The number of aliphatic hydroxyl groups is 2. The Bertz CT molecular complexity index is 1180. The van der Waals surface area contributed by atoms with Gasteiger partial charge >= 0.3 is 6.18 Å². The van der Waals surface area contributed by atoms with Crippen LogP contribution in [-0.2, 0) is 11.8 Å². The number of carbonyl (C=O) groups excluding carboxylic acids is 1. The topological polar surface area (TPSA) is 108 Å². The number of rotatable bonds is 5. The highest BCUT2D eigenvalue weighted by atomic mass is 32.1. The summed E-state index contributed by atoms with van der Waals surface area (Å²) < 4.78 is 39.0. The second-order valence-corrected chi connectivity index (χ2v) is 10.2. The molecule has 0 bridgehead atoms. The molecule has 1 amide bonds. The molecule has 4 rings (SSSR count). The standard InChI is InChI=1S/C23H25F3N4O3S/c1-22(2,33)14-7-16-18(34-21(30-16)13-5-3-12(11-31)4-6-13)8-15(14)29-20(32)17-9-28-19(10-27-17)23(24,25)26/h7-10,12-13,31,33H,3-6,11H2,1-2H3,(H,29,32). The van der Waals surface area contributed by atoms with Crippen molar-refractivity contribution in [3.8, 4) is 0 Å². The van der Waals surface area contributed by atoms with Crippen molar-refractivity contribution in [3.05, 3.63) is 46.5 Å². The molecule has 3 aromatic rings. The monoisotopic (exact) mass is 494 g/mol. The van der Waals surface area contributed by atoms with Gasteiger partial charge < -0.3 is 15.5 Å². The zero-order chi connectivity index (χ0) is 24.7. The molecule has 0 radical (unpaired) electrons. The normalized spacial score (nSPS) is 19.4. The van der Waals surface area contributed by atoms with Crippen molar-refractivity contribution in [2.75, 3.05) is 11.9 Å². The molecule has 3 N–H and O–H groups in total. The number of amides is 1. The van der Waals surface area contributed by atoms with Gasteiger partial charge in [-0.1, -0.05) is 0 Å². The molecule has 2 aromatic heterocycles. The van der Waals surface area contributed by atoms with Crippen molar-refractivity contribution in [1.82, 2.24) is 15.0 Å². The smallest absolute Gasteiger partial charge is 0.396 e. The number of thiazole rings is 1. The predicted octanol–water partition coefficient (Wildman–Crippen LogP) is 4.85. The Labute approximate surface area is 198 Å². The van der Waals surface area contributed by atoms with E-state index in [1.165, 1.54) is 11.3 Å². The summed E-state index contributed by atoms with van der Waals surface area (Å²) >= 11 is 1.51. The highest BCUT2D eigenvalue weighted by Gasteiger charge is 2.33. The molecule has 0 saturated heterocycles. The van der Waals surface area contributed by atoms with Crippen molar-refractivity contribution in [3.63, 3.8) is 0 Å². The molecule has 1 aliphatic carbocycles. The van der Waals surface area contributed by atoms with E-state index in [9.17, 15) is 28.2 Å². The molecular weight excluding hydrogens is 469 g/mol. The largest absolute Gasteiger partial charge is 0.434 e. The molecule has 0 unspecified atom stereocenters. The number of halogens is 3. The molecular formula is C23H25F3N4O3S. The summed E-state index contributed by atoms with van der Waals surface area (Å²) in [5.74, 6) is -0.105. The number of aromatic nitrogens is 3. The first-order valence-electron chi connectivity index (χ1n) is 10.9. The van der Waals surface area contributed by atoms with E-state index in [1.54, 1.807) is 26.0 Å². The maximum absolute atomic E-state index is 12.7. The minimum Gasteiger partial charge on any atom is -0.396 e. The van der Waals surface area contributed by atoms with E-state index in [0.29, 0.717) is 34.8 Å². The molecule has 2 heterocycles. The molecule has 1 aliphatic rings. The third-order valence-corrected chi connectivity index (χ3v) is 7.26. The van der Waals surface area contributed by atoms with Crippen molar-refractivity contribution in [2.45, 2.75) is 57.2 Å². The summed E-state index contributed by atoms with van der Waals surface area (Å²) in [6.07, 6.45) is 0.411. The highest BCUT2D eigenvalue weighted by Crippen LogP contribution is 2.41. The summed E-state index contributed by atoms with van der Waals surface area (Å²) in [5.41, 5.74) is -1.33. The minimum absolute atomic E-state index is 0.202. The van der Waals surface area contributed by atoms with Gasteiger partial charge in [-0.15, -0.1) is 11.3 Å². The van der Waals surface area contributed by atoms with Gasteiger partial charge in [0, 0.05) is 23.8 Å². The van der Waals surface area contributed by atoms with Crippen LogP contribution in [0.25, 0.3) is 10.2 Å². The van der Waals surface area contributed by atoms with Crippen LogP contribution in [0.5, 0.6) is 0 Å². The lowest BCUT2D eigenvalue weighted by molar-refractivity contribution is -0.141. The van der Waals surface area contributed by atoms with Crippen LogP contribution in [0.2, 0.25) is 0 Å². The van der Waals surface area contributed by atoms with Gasteiger partial charge in [-0.2, -0.15) is 13.2 Å². The van der Waals surface area contributed by atoms with Crippen LogP contribution in [-0.4, -0.2) is 37.7 Å². The second-order valence-electron chi connectivity index (χ2n) is 9.12. The fourth-order valence-electron chi connectivity index (χ4n) is 4.15. The molecule has 0 aliphatic heterocycles. The zero-order valence-electron chi connectivity index (χ0n) is 18.7. The fourth-order valence-corrected chi connectivity index (χ4v) is 5.30. The van der Waals surface area contributed by atoms with Crippen molar-refractivity contribution >= 4 is 33.1 Å². The van der Waals surface area contributed by atoms with Gasteiger partial charge in [0.05, 0.1) is 33.2 Å². The number of nitrogens with zero attached hydrogens (tertiary/aromatic N) is 3. The fraction of sp³-hybridized carbons (Fsp3) is 0.478. The average molecular weight is 495 g/mol. The molecule has 182 valence electrons. The molecule has 1 saturated carbocycles. The number of nitrogens with one attached hydrogen (secondary N) is 1. The average Bonchev–Trinajstić information content (AvgIpc) is 3.20. The summed E-state index contributed by atoms with van der Waals surface area (Å²) in [4.78, 5) is 24.3. The van der Waals surface area contributed by atoms with Crippen LogP contribution in [0.15, 0.2) is 24.5 Å². The minimum atomic E-state index is -4.65. The number of hydrogen-bond acceptors (Lipinski definition) is 7. The van der Waals surface area contributed by atoms with E-state index in [4.69, 9.17) is 4.98 Å². The highest BCUT2D eigenvalue weighted by molar-refractivity contribution is 7.18. The zero-order valence-corrected chi connectivity index (χ0v) is 19.5. The van der Waals surface area contributed by atoms with E-state index in [2.05, 4.69) is 15.3 Å².